The van der Waals surface area contributed by atoms with E-state index in [4.69, 9.17) is 14.7 Å². The second-order valence-corrected chi connectivity index (χ2v) is 3.22. The van der Waals surface area contributed by atoms with Gasteiger partial charge in [0.2, 0.25) is 12.7 Å². The zero-order chi connectivity index (χ0) is 10.7. The van der Waals surface area contributed by atoms with Crippen LogP contribution in [0.1, 0.15) is 12.0 Å². The molecule has 0 saturated heterocycles. The molecule has 0 bridgehead atoms. The Morgan fingerprint density at radius 2 is 2.20 bits per heavy atom. The van der Waals surface area contributed by atoms with Gasteiger partial charge in [0.05, 0.1) is 0 Å². The van der Waals surface area contributed by atoms with Crippen molar-refractivity contribution in [1.82, 2.24) is 5.48 Å². The molecule has 0 aromatic heterocycles. The summed E-state index contributed by atoms with van der Waals surface area (Å²) in [5.41, 5.74) is 2.57. The van der Waals surface area contributed by atoms with E-state index >= 15 is 0 Å². The SMILES string of the molecule is O=C(CCc1ccc2c(c1)OCO2)NO. The topological polar surface area (TPSA) is 67.8 Å². The minimum Gasteiger partial charge on any atom is -0.454 e. The maximum absolute atomic E-state index is 10.8. The average molecular weight is 209 g/mol. The van der Waals surface area contributed by atoms with E-state index in [1.54, 1.807) is 5.48 Å². The van der Waals surface area contributed by atoms with Gasteiger partial charge in [-0.25, -0.2) is 5.48 Å². The number of benzene rings is 1. The fourth-order valence-corrected chi connectivity index (χ4v) is 1.41. The molecule has 80 valence electrons. The van der Waals surface area contributed by atoms with Crippen molar-refractivity contribution in [1.29, 1.82) is 0 Å². The molecule has 0 saturated carbocycles. The number of aryl methyl sites for hydroxylation is 1. The number of carbonyl (C=O) groups excluding carboxylic acids is 1. The van der Waals surface area contributed by atoms with Gasteiger partial charge in [-0.15, -0.1) is 0 Å². The summed E-state index contributed by atoms with van der Waals surface area (Å²) in [5.74, 6) is 1.04. The fourth-order valence-electron chi connectivity index (χ4n) is 1.41. The van der Waals surface area contributed by atoms with Gasteiger partial charge in [0.15, 0.2) is 11.5 Å². The molecule has 1 aromatic carbocycles. The van der Waals surface area contributed by atoms with Crippen LogP contribution in [0.3, 0.4) is 0 Å². The third-order valence-electron chi connectivity index (χ3n) is 2.20. The van der Waals surface area contributed by atoms with Gasteiger partial charge in [-0.3, -0.25) is 10.0 Å². The number of hydrogen-bond donors (Lipinski definition) is 2. The van der Waals surface area contributed by atoms with E-state index in [9.17, 15) is 4.79 Å². The van der Waals surface area contributed by atoms with Crippen molar-refractivity contribution in [3.8, 4) is 11.5 Å². The summed E-state index contributed by atoms with van der Waals surface area (Å²) in [6.07, 6.45) is 0.805. The number of hydrogen-bond acceptors (Lipinski definition) is 4. The number of rotatable bonds is 3. The Bertz CT molecular complexity index is 378. The molecular weight excluding hydrogens is 198 g/mol. The fraction of sp³-hybridized carbons (Fsp3) is 0.300. The summed E-state index contributed by atoms with van der Waals surface area (Å²) in [5, 5.41) is 8.32. The number of nitrogens with one attached hydrogen (secondary N) is 1. The monoisotopic (exact) mass is 209 g/mol. The van der Waals surface area contributed by atoms with Crippen molar-refractivity contribution in [2.24, 2.45) is 0 Å². The Hall–Kier alpha value is -1.75. The van der Waals surface area contributed by atoms with Crippen LogP contribution in [-0.2, 0) is 11.2 Å². The van der Waals surface area contributed by atoms with Crippen LogP contribution in [0.15, 0.2) is 18.2 Å². The molecule has 1 aliphatic heterocycles. The van der Waals surface area contributed by atoms with Gasteiger partial charge in [-0.1, -0.05) is 6.07 Å². The van der Waals surface area contributed by atoms with E-state index in [0.717, 1.165) is 11.3 Å². The molecule has 1 aliphatic rings. The number of amides is 1. The highest BCUT2D eigenvalue weighted by atomic mass is 16.7. The highest BCUT2D eigenvalue weighted by Crippen LogP contribution is 2.32. The summed E-state index contributed by atoms with van der Waals surface area (Å²) in [7, 11) is 0. The lowest BCUT2D eigenvalue weighted by Crippen LogP contribution is -2.18. The zero-order valence-electron chi connectivity index (χ0n) is 8.03. The van der Waals surface area contributed by atoms with Crippen molar-refractivity contribution >= 4 is 5.91 Å². The Labute approximate surface area is 86.6 Å². The Kier molecular flexibility index (Phi) is 2.73. The maximum atomic E-state index is 10.8. The molecule has 5 heteroatoms. The maximum Gasteiger partial charge on any atom is 0.243 e. The molecule has 1 amide bonds. The van der Waals surface area contributed by atoms with Gasteiger partial charge in [0.1, 0.15) is 0 Å². The van der Waals surface area contributed by atoms with Crippen molar-refractivity contribution in [2.45, 2.75) is 12.8 Å². The summed E-state index contributed by atoms with van der Waals surface area (Å²) >= 11 is 0. The molecular formula is C10H11NO4. The second kappa shape index (κ2) is 4.18. The molecule has 1 aromatic rings. The summed E-state index contributed by atoms with van der Waals surface area (Å²) in [6, 6.07) is 5.53. The Balaban J connectivity index is 2.01. The van der Waals surface area contributed by atoms with Crippen LogP contribution in [0, 0.1) is 0 Å². The van der Waals surface area contributed by atoms with Gasteiger partial charge in [0, 0.05) is 6.42 Å². The predicted molar refractivity (Wildman–Crippen MR) is 50.8 cm³/mol. The molecule has 0 radical (unpaired) electrons. The third kappa shape index (κ3) is 2.19. The quantitative estimate of drug-likeness (QED) is 0.572. The van der Waals surface area contributed by atoms with E-state index < -0.39 is 5.91 Å². The van der Waals surface area contributed by atoms with E-state index in [1.807, 2.05) is 18.2 Å². The van der Waals surface area contributed by atoms with Crippen molar-refractivity contribution in [3.63, 3.8) is 0 Å². The number of hydroxylamine groups is 1. The molecule has 0 spiro atoms. The van der Waals surface area contributed by atoms with Crippen LogP contribution < -0.4 is 15.0 Å². The van der Waals surface area contributed by atoms with Gasteiger partial charge >= 0.3 is 0 Å². The standard InChI is InChI=1S/C10H11NO4/c12-10(11-13)4-2-7-1-3-8-9(5-7)15-6-14-8/h1,3,5,13H,2,4,6H2,(H,11,12). The predicted octanol–water partition coefficient (Wildman–Crippen LogP) is 0.853. The first-order chi connectivity index (χ1) is 7.29. The number of ether oxygens (including phenoxy) is 2. The lowest BCUT2D eigenvalue weighted by Gasteiger charge is -2.01. The van der Waals surface area contributed by atoms with Crippen LogP contribution in [0.4, 0.5) is 0 Å². The molecule has 1 heterocycles. The molecule has 2 rings (SSSR count). The first kappa shape index (κ1) is 9.79. The van der Waals surface area contributed by atoms with E-state index in [0.29, 0.717) is 12.2 Å². The van der Waals surface area contributed by atoms with Gasteiger partial charge < -0.3 is 9.47 Å². The van der Waals surface area contributed by atoms with Crippen LogP contribution in [0.2, 0.25) is 0 Å². The van der Waals surface area contributed by atoms with Gasteiger partial charge in [-0.2, -0.15) is 0 Å². The van der Waals surface area contributed by atoms with E-state index in [2.05, 4.69) is 0 Å². The highest BCUT2D eigenvalue weighted by molar-refractivity contribution is 5.74. The minimum atomic E-state index is -0.396. The Morgan fingerprint density at radius 3 is 3.00 bits per heavy atom. The number of carbonyl (C=O) groups is 1. The molecule has 0 fully saturated rings. The van der Waals surface area contributed by atoms with E-state index in [-0.39, 0.29) is 13.2 Å². The second-order valence-electron chi connectivity index (χ2n) is 3.22. The lowest BCUT2D eigenvalue weighted by molar-refractivity contribution is -0.129. The Morgan fingerprint density at radius 1 is 1.40 bits per heavy atom. The van der Waals surface area contributed by atoms with Gasteiger partial charge in [-0.05, 0) is 24.1 Å². The smallest absolute Gasteiger partial charge is 0.243 e. The number of fused-ring (bicyclic) bond motifs is 1. The van der Waals surface area contributed by atoms with Crippen molar-refractivity contribution in [3.05, 3.63) is 23.8 Å². The molecule has 0 aliphatic carbocycles. The third-order valence-corrected chi connectivity index (χ3v) is 2.20. The molecule has 15 heavy (non-hydrogen) atoms. The molecule has 2 N–H and O–H groups in total. The zero-order valence-corrected chi connectivity index (χ0v) is 8.03. The molecule has 0 unspecified atom stereocenters. The van der Waals surface area contributed by atoms with Crippen LogP contribution >= 0.6 is 0 Å². The largest absolute Gasteiger partial charge is 0.454 e. The first-order valence-corrected chi connectivity index (χ1v) is 4.61. The van der Waals surface area contributed by atoms with E-state index in [1.165, 1.54) is 0 Å². The minimum absolute atomic E-state index is 0.246. The van der Waals surface area contributed by atoms with Gasteiger partial charge in [0.25, 0.3) is 0 Å². The summed E-state index contributed by atoms with van der Waals surface area (Å²) in [4.78, 5) is 10.8. The summed E-state index contributed by atoms with van der Waals surface area (Å²) < 4.78 is 10.4. The lowest BCUT2D eigenvalue weighted by atomic mass is 10.1. The van der Waals surface area contributed by atoms with Crippen molar-refractivity contribution < 1.29 is 19.5 Å². The average Bonchev–Trinajstić information content (AvgIpc) is 2.72. The molecule has 5 nitrogen and oxygen atoms in total. The van der Waals surface area contributed by atoms with Crippen LogP contribution in [-0.4, -0.2) is 17.9 Å². The first-order valence-electron chi connectivity index (χ1n) is 4.61. The van der Waals surface area contributed by atoms with Crippen LogP contribution in [0.25, 0.3) is 0 Å². The summed E-state index contributed by atoms with van der Waals surface area (Å²) in [6.45, 7) is 0.246. The van der Waals surface area contributed by atoms with Crippen molar-refractivity contribution in [2.75, 3.05) is 6.79 Å². The van der Waals surface area contributed by atoms with Crippen LogP contribution in [0.5, 0.6) is 11.5 Å². The molecule has 0 atom stereocenters. The normalized spacial score (nSPS) is 12.6. The highest BCUT2D eigenvalue weighted by Gasteiger charge is 2.13.